The molecule has 146 valence electrons. The average molecular weight is 370 g/mol. The number of likely N-dealkylation sites (tertiary alicyclic amines) is 1. The van der Waals surface area contributed by atoms with Crippen molar-refractivity contribution in [2.45, 2.75) is 71.1 Å². The number of aromatic nitrogens is 2. The normalized spacial score (nSPS) is 20.9. The highest BCUT2D eigenvalue weighted by Gasteiger charge is 2.32. The third kappa shape index (κ3) is 4.08. The minimum absolute atomic E-state index is 0.103. The molecule has 0 unspecified atom stereocenters. The largest absolute Gasteiger partial charge is 0.386 e. The van der Waals surface area contributed by atoms with Crippen LogP contribution in [0.1, 0.15) is 80.9 Å². The SMILES string of the molecule is CC(C)c1ccccc1C(=O)N1C[C@H](n2cc(C(C)(C)O)cn2)CC[C@H]1C. The van der Waals surface area contributed by atoms with Gasteiger partial charge in [-0.25, -0.2) is 0 Å². The van der Waals surface area contributed by atoms with Gasteiger partial charge in [-0.2, -0.15) is 5.10 Å². The van der Waals surface area contributed by atoms with Gasteiger partial charge in [-0.1, -0.05) is 32.0 Å². The molecule has 1 aromatic heterocycles. The third-order valence-electron chi connectivity index (χ3n) is 5.61. The lowest BCUT2D eigenvalue weighted by Crippen LogP contribution is -2.46. The molecule has 0 radical (unpaired) electrons. The summed E-state index contributed by atoms with van der Waals surface area (Å²) in [6, 6.07) is 8.26. The summed E-state index contributed by atoms with van der Waals surface area (Å²) >= 11 is 0. The van der Waals surface area contributed by atoms with Crippen LogP contribution >= 0.6 is 0 Å². The van der Waals surface area contributed by atoms with E-state index in [9.17, 15) is 9.90 Å². The Morgan fingerprint density at radius 3 is 2.59 bits per heavy atom. The van der Waals surface area contributed by atoms with E-state index in [2.05, 4.69) is 25.9 Å². The molecule has 5 heteroatoms. The predicted molar refractivity (Wildman–Crippen MR) is 107 cm³/mol. The van der Waals surface area contributed by atoms with Crippen molar-refractivity contribution in [1.29, 1.82) is 0 Å². The summed E-state index contributed by atoms with van der Waals surface area (Å²) in [5.74, 6) is 0.410. The van der Waals surface area contributed by atoms with Crippen LogP contribution in [0.3, 0.4) is 0 Å². The minimum Gasteiger partial charge on any atom is -0.386 e. The van der Waals surface area contributed by atoms with Crippen molar-refractivity contribution in [2.75, 3.05) is 6.54 Å². The van der Waals surface area contributed by atoms with Crippen molar-refractivity contribution >= 4 is 5.91 Å². The van der Waals surface area contributed by atoms with E-state index in [1.54, 1.807) is 20.0 Å². The summed E-state index contributed by atoms with van der Waals surface area (Å²) in [7, 11) is 0. The number of rotatable bonds is 4. The number of amides is 1. The fourth-order valence-corrected chi connectivity index (χ4v) is 3.79. The van der Waals surface area contributed by atoms with Crippen LogP contribution in [0.5, 0.6) is 0 Å². The van der Waals surface area contributed by atoms with E-state index in [1.807, 2.05) is 40.0 Å². The molecule has 1 aliphatic heterocycles. The van der Waals surface area contributed by atoms with E-state index in [1.165, 1.54) is 0 Å². The number of benzene rings is 1. The molecular formula is C22H31N3O2. The number of carbonyl (C=O) groups excluding carboxylic acids is 1. The van der Waals surface area contributed by atoms with Crippen molar-refractivity contribution in [3.8, 4) is 0 Å². The Hall–Kier alpha value is -2.14. The summed E-state index contributed by atoms with van der Waals surface area (Å²) in [6.07, 6.45) is 5.55. The van der Waals surface area contributed by atoms with Crippen molar-refractivity contribution in [3.05, 3.63) is 53.3 Å². The van der Waals surface area contributed by atoms with Crippen LogP contribution in [0.4, 0.5) is 0 Å². The maximum atomic E-state index is 13.3. The van der Waals surface area contributed by atoms with E-state index in [4.69, 9.17) is 0 Å². The highest BCUT2D eigenvalue weighted by molar-refractivity contribution is 5.96. The zero-order chi connectivity index (χ0) is 19.8. The van der Waals surface area contributed by atoms with Crippen LogP contribution in [0, 0.1) is 0 Å². The number of nitrogens with zero attached hydrogens (tertiary/aromatic N) is 3. The van der Waals surface area contributed by atoms with Crippen molar-refractivity contribution in [3.63, 3.8) is 0 Å². The second-order valence-electron chi connectivity index (χ2n) is 8.55. The molecule has 2 heterocycles. The Balaban J connectivity index is 1.84. The lowest BCUT2D eigenvalue weighted by Gasteiger charge is -2.38. The first kappa shape index (κ1) is 19.6. The number of hydrogen-bond acceptors (Lipinski definition) is 3. The van der Waals surface area contributed by atoms with Crippen LogP contribution in [0.2, 0.25) is 0 Å². The van der Waals surface area contributed by atoms with Gasteiger partial charge < -0.3 is 10.0 Å². The van der Waals surface area contributed by atoms with E-state index >= 15 is 0 Å². The topological polar surface area (TPSA) is 58.4 Å². The van der Waals surface area contributed by atoms with E-state index in [-0.39, 0.29) is 18.0 Å². The van der Waals surface area contributed by atoms with Crippen molar-refractivity contribution in [2.24, 2.45) is 0 Å². The van der Waals surface area contributed by atoms with Crippen LogP contribution in [0.15, 0.2) is 36.7 Å². The number of carbonyl (C=O) groups is 1. The van der Waals surface area contributed by atoms with Crippen molar-refractivity contribution in [1.82, 2.24) is 14.7 Å². The molecule has 5 nitrogen and oxygen atoms in total. The quantitative estimate of drug-likeness (QED) is 0.883. The summed E-state index contributed by atoms with van der Waals surface area (Å²) in [4.78, 5) is 15.3. The Labute approximate surface area is 162 Å². The zero-order valence-electron chi connectivity index (χ0n) is 17.0. The standard InChI is InChI=1S/C22H31N3O2/c1-15(2)19-8-6-7-9-20(19)21(26)24-14-18(11-10-16(24)3)25-13-17(12-23-25)22(4,5)27/h6-9,12-13,15-16,18,27H,10-11,14H2,1-5H3/t16-,18-/m1/s1. The Morgan fingerprint density at radius 1 is 1.26 bits per heavy atom. The highest BCUT2D eigenvalue weighted by atomic mass is 16.3. The lowest BCUT2D eigenvalue weighted by atomic mass is 9.93. The van der Waals surface area contributed by atoms with Crippen LogP contribution in [0.25, 0.3) is 0 Å². The van der Waals surface area contributed by atoms with E-state index < -0.39 is 5.60 Å². The number of hydrogen-bond donors (Lipinski definition) is 1. The first-order valence-corrected chi connectivity index (χ1v) is 9.85. The first-order valence-electron chi connectivity index (χ1n) is 9.85. The molecule has 1 saturated heterocycles. The molecule has 2 aromatic rings. The monoisotopic (exact) mass is 369 g/mol. The van der Waals surface area contributed by atoms with Gasteiger partial charge in [-0.15, -0.1) is 0 Å². The van der Waals surface area contributed by atoms with Gasteiger partial charge in [0.2, 0.25) is 0 Å². The van der Waals surface area contributed by atoms with E-state index in [0.29, 0.717) is 12.5 Å². The molecule has 0 aliphatic carbocycles. The molecule has 1 amide bonds. The smallest absolute Gasteiger partial charge is 0.254 e. The molecule has 1 aromatic carbocycles. The van der Waals surface area contributed by atoms with Gasteiger partial charge in [0.05, 0.1) is 17.8 Å². The second-order valence-corrected chi connectivity index (χ2v) is 8.55. The molecule has 3 rings (SSSR count). The molecule has 2 atom stereocenters. The van der Waals surface area contributed by atoms with Crippen molar-refractivity contribution < 1.29 is 9.90 Å². The number of aliphatic hydroxyl groups is 1. The average Bonchev–Trinajstić information content (AvgIpc) is 3.12. The third-order valence-corrected chi connectivity index (χ3v) is 5.61. The zero-order valence-corrected chi connectivity index (χ0v) is 17.0. The molecule has 27 heavy (non-hydrogen) atoms. The van der Waals surface area contributed by atoms with Gasteiger partial charge in [0.25, 0.3) is 5.91 Å². The lowest BCUT2D eigenvalue weighted by molar-refractivity contribution is 0.0555. The van der Waals surface area contributed by atoms with Gasteiger partial charge in [-0.05, 0) is 51.2 Å². The van der Waals surface area contributed by atoms with E-state index in [0.717, 1.165) is 29.5 Å². The maximum Gasteiger partial charge on any atom is 0.254 e. The van der Waals surface area contributed by atoms with Crippen LogP contribution in [-0.4, -0.2) is 38.3 Å². The van der Waals surface area contributed by atoms with Gasteiger partial charge in [0.1, 0.15) is 0 Å². The number of piperidine rings is 1. The molecule has 0 saturated carbocycles. The molecule has 0 bridgehead atoms. The van der Waals surface area contributed by atoms with Gasteiger partial charge in [-0.3, -0.25) is 9.48 Å². The highest BCUT2D eigenvalue weighted by Crippen LogP contribution is 2.30. The molecule has 1 aliphatic rings. The summed E-state index contributed by atoms with van der Waals surface area (Å²) in [5, 5.41) is 14.7. The maximum absolute atomic E-state index is 13.3. The first-order chi connectivity index (χ1) is 12.7. The summed E-state index contributed by atoms with van der Waals surface area (Å²) in [5.41, 5.74) is 1.79. The minimum atomic E-state index is -0.911. The molecule has 1 fully saturated rings. The van der Waals surface area contributed by atoms with Gasteiger partial charge >= 0.3 is 0 Å². The van der Waals surface area contributed by atoms with Gasteiger partial charge in [0, 0.05) is 29.9 Å². The molecular weight excluding hydrogens is 338 g/mol. The Kier molecular flexibility index (Phi) is 5.43. The Morgan fingerprint density at radius 2 is 1.96 bits per heavy atom. The van der Waals surface area contributed by atoms with Crippen LogP contribution in [-0.2, 0) is 5.60 Å². The van der Waals surface area contributed by atoms with Gasteiger partial charge in [0.15, 0.2) is 0 Å². The van der Waals surface area contributed by atoms with Crippen LogP contribution < -0.4 is 0 Å². The second kappa shape index (κ2) is 7.47. The summed E-state index contributed by atoms with van der Waals surface area (Å²) in [6.45, 7) is 10.5. The summed E-state index contributed by atoms with van der Waals surface area (Å²) < 4.78 is 1.91. The molecule has 0 spiro atoms. The predicted octanol–water partition coefficient (Wildman–Crippen LogP) is 4.10. The Bertz CT molecular complexity index is 804. The molecule has 1 N–H and O–H groups in total. The fraction of sp³-hybridized carbons (Fsp3) is 0.545. The fourth-order valence-electron chi connectivity index (χ4n) is 3.79.